The number of aliphatic carboxylic acids is 1. The molecule has 0 spiro atoms. The van der Waals surface area contributed by atoms with Crippen molar-refractivity contribution < 1.29 is 27.9 Å². The molecule has 2 rings (SSSR count). The predicted octanol–water partition coefficient (Wildman–Crippen LogP) is 2.50. The monoisotopic (exact) mass is 305 g/mol. The second-order valence-corrected chi connectivity index (χ2v) is 5.72. The van der Waals surface area contributed by atoms with Gasteiger partial charge in [-0.1, -0.05) is 25.0 Å². The first-order chi connectivity index (χ1) is 9.79. The summed E-state index contributed by atoms with van der Waals surface area (Å²) in [5.41, 5.74) is 0. The lowest BCUT2D eigenvalue weighted by Crippen LogP contribution is -2.45. The lowest BCUT2D eigenvalue weighted by Gasteiger charge is -2.32. The summed E-state index contributed by atoms with van der Waals surface area (Å²) in [6, 6.07) is -0.491. The molecule has 0 aromatic heterocycles. The van der Waals surface area contributed by atoms with E-state index in [-0.39, 0.29) is 19.3 Å². The van der Waals surface area contributed by atoms with Crippen LogP contribution < -0.4 is 5.32 Å². The van der Waals surface area contributed by atoms with Crippen LogP contribution in [0.3, 0.4) is 0 Å². The van der Waals surface area contributed by atoms with Gasteiger partial charge in [0.15, 0.2) is 0 Å². The number of carbonyl (C=O) groups is 2. The molecule has 0 radical (unpaired) electrons. The summed E-state index contributed by atoms with van der Waals surface area (Å²) in [6.45, 7) is 0. The standard InChI is InChI=1S/C14H18F3NO3/c15-14(16,17)11-4-2-1-3-10(11)12(19)18-9-6-5-8(7-9)13(20)21/h5-6,8-11H,1-4,7H2,(H,18,19)(H,20,21). The van der Waals surface area contributed by atoms with E-state index < -0.39 is 41.8 Å². The first-order valence-electron chi connectivity index (χ1n) is 7.07. The van der Waals surface area contributed by atoms with Crippen LogP contribution in [0.25, 0.3) is 0 Å². The molecular formula is C14H18F3NO3. The lowest BCUT2D eigenvalue weighted by atomic mass is 9.78. The molecule has 0 bridgehead atoms. The quantitative estimate of drug-likeness (QED) is 0.787. The summed E-state index contributed by atoms with van der Waals surface area (Å²) in [5.74, 6) is -4.94. The topological polar surface area (TPSA) is 66.4 Å². The molecule has 118 valence electrons. The fourth-order valence-electron chi connectivity index (χ4n) is 3.12. The van der Waals surface area contributed by atoms with Crippen molar-refractivity contribution in [2.24, 2.45) is 17.8 Å². The number of rotatable bonds is 3. The molecule has 2 N–H and O–H groups in total. The number of alkyl halides is 3. The van der Waals surface area contributed by atoms with Crippen LogP contribution in [0.2, 0.25) is 0 Å². The van der Waals surface area contributed by atoms with Crippen LogP contribution in [0.5, 0.6) is 0 Å². The van der Waals surface area contributed by atoms with E-state index in [1.807, 2.05) is 0 Å². The van der Waals surface area contributed by atoms with Crippen molar-refractivity contribution in [3.8, 4) is 0 Å². The molecule has 0 aromatic carbocycles. The van der Waals surface area contributed by atoms with Gasteiger partial charge in [-0.3, -0.25) is 9.59 Å². The molecule has 4 atom stereocenters. The molecule has 0 heterocycles. The van der Waals surface area contributed by atoms with E-state index in [1.54, 1.807) is 6.08 Å². The molecule has 2 aliphatic rings. The number of halogens is 3. The van der Waals surface area contributed by atoms with E-state index in [4.69, 9.17) is 5.11 Å². The maximum atomic E-state index is 13.0. The Kier molecular flexibility index (Phi) is 4.58. The third kappa shape index (κ3) is 3.77. The Labute approximate surface area is 120 Å². The summed E-state index contributed by atoms with van der Waals surface area (Å²) in [6.07, 6.45) is 0.162. The maximum Gasteiger partial charge on any atom is 0.392 e. The molecule has 2 aliphatic carbocycles. The molecule has 0 aromatic rings. The van der Waals surface area contributed by atoms with Gasteiger partial charge in [-0.2, -0.15) is 13.2 Å². The first kappa shape index (κ1) is 15.9. The van der Waals surface area contributed by atoms with E-state index in [0.717, 1.165) is 0 Å². The maximum absolute atomic E-state index is 13.0. The zero-order valence-corrected chi connectivity index (χ0v) is 11.4. The van der Waals surface area contributed by atoms with E-state index in [9.17, 15) is 22.8 Å². The van der Waals surface area contributed by atoms with Gasteiger partial charge in [0, 0.05) is 12.0 Å². The third-order valence-corrected chi connectivity index (χ3v) is 4.25. The van der Waals surface area contributed by atoms with Crippen LogP contribution in [0.4, 0.5) is 13.2 Å². The van der Waals surface area contributed by atoms with Gasteiger partial charge in [-0.05, 0) is 19.3 Å². The summed E-state index contributed by atoms with van der Waals surface area (Å²) >= 11 is 0. The van der Waals surface area contributed by atoms with Gasteiger partial charge in [0.05, 0.1) is 11.8 Å². The number of carbonyl (C=O) groups excluding carboxylic acids is 1. The number of hydrogen-bond acceptors (Lipinski definition) is 2. The van der Waals surface area contributed by atoms with Gasteiger partial charge in [0.1, 0.15) is 0 Å². The minimum atomic E-state index is -4.36. The molecule has 1 saturated carbocycles. The van der Waals surface area contributed by atoms with Crippen molar-refractivity contribution in [1.29, 1.82) is 0 Å². The van der Waals surface area contributed by atoms with Crippen LogP contribution in [-0.4, -0.2) is 29.2 Å². The average molecular weight is 305 g/mol. The average Bonchev–Trinajstić information content (AvgIpc) is 2.86. The van der Waals surface area contributed by atoms with Gasteiger partial charge in [-0.15, -0.1) is 0 Å². The van der Waals surface area contributed by atoms with Crippen molar-refractivity contribution in [3.63, 3.8) is 0 Å². The van der Waals surface area contributed by atoms with Gasteiger partial charge < -0.3 is 10.4 Å². The molecule has 4 unspecified atom stereocenters. The number of amides is 1. The highest BCUT2D eigenvalue weighted by Crippen LogP contribution is 2.41. The number of carboxylic acids is 1. The molecular weight excluding hydrogens is 287 g/mol. The highest BCUT2D eigenvalue weighted by molar-refractivity contribution is 5.80. The van der Waals surface area contributed by atoms with E-state index >= 15 is 0 Å². The van der Waals surface area contributed by atoms with Crippen molar-refractivity contribution in [2.45, 2.75) is 44.3 Å². The Hall–Kier alpha value is -1.53. The van der Waals surface area contributed by atoms with Crippen molar-refractivity contribution >= 4 is 11.9 Å². The van der Waals surface area contributed by atoms with Gasteiger partial charge in [-0.25, -0.2) is 0 Å². The van der Waals surface area contributed by atoms with Crippen LogP contribution >= 0.6 is 0 Å². The molecule has 0 saturated heterocycles. The van der Waals surface area contributed by atoms with Crippen molar-refractivity contribution in [2.75, 3.05) is 0 Å². The third-order valence-electron chi connectivity index (χ3n) is 4.25. The molecule has 21 heavy (non-hydrogen) atoms. The molecule has 0 aliphatic heterocycles. The largest absolute Gasteiger partial charge is 0.481 e. The summed E-state index contributed by atoms with van der Waals surface area (Å²) < 4.78 is 38.9. The zero-order chi connectivity index (χ0) is 15.6. The van der Waals surface area contributed by atoms with Gasteiger partial charge >= 0.3 is 12.1 Å². The smallest absolute Gasteiger partial charge is 0.392 e. The SMILES string of the molecule is O=C(O)C1C=CC(NC(=O)C2CCCCC2C(F)(F)F)C1. The zero-order valence-electron chi connectivity index (χ0n) is 11.4. The Bertz CT molecular complexity index is 447. The number of carboxylic acid groups (broad SMARTS) is 1. The Morgan fingerprint density at radius 1 is 1.14 bits per heavy atom. The van der Waals surface area contributed by atoms with Crippen LogP contribution in [0, 0.1) is 17.8 Å². The van der Waals surface area contributed by atoms with E-state index in [2.05, 4.69) is 5.32 Å². The summed E-state index contributed by atoms with van der Waals surface area (Å²) in [5, 5.41) is 11.4. The molecule has 7 heteroatoms. The number of hydrogen-bond donors (Lipinski definition) is 2. The fraction of sp³-hybridized carbons (Fsp3) is 0.714. The van der Waals surface area contributed by atoms with E-state index in [1.165, 1.54) is 6.08 Å². The normalized spacial score (nSPS) is 32.9. The molecule has 1 amide bonds. The Morgan fingerprint density at radius 2 is 1.81 bits per heavy atom. The fourth-order valence-corrected chi connectivity index (χ4v) is 3.12. The summed E-state index contributed by atoms with van der Waals surface area (Å²) in [4.78, 5) is 22.9. The number of nitrogens with one attached hydrogen (secondary N) is 1. The highest BCUT2D eigenvalue weighted by atomic mass is 19.4. The lowest BCUT2D eigenvalue weighted by molar-refractivity contribution is -0.198. The Morgan fingerprint density at radius 3 is 2.38 bits per heavy atom. The molecule has 1 fully saturated rings. The van der Waals surface area contributed by atoms with Crippen LogP contribution in [0.15, 0.2) is 12.2 Å². The predicted molar refractivity (Wildman–Crippen MR) is 68.3 cm³/mol. The van der Waals surface area contributed by atoms with Gasteiger partial charge in [0.25, 0.3) is 0 Å². The van der Waals surface area contributed by atoms with Crippen LogP contribution in [0.1, 0.15) is 32.1 Å². The minimum Gasteiger partial charge on any atom is -0.481 e. The van der Waals surface area contributed by atoms with Gasteiger partial charge in [0.2, 0.25) is 5.91 Å². The first-order valence-corrected chi connectivity index (χ1v) is 7.07. The molecule has 4 nitrogen and oxygen atoms in total. The van der Waals surface area contributed by atoms with Crippen molar-refractivity contribution in [3.05, 3.63) is 12.2 Å². The van der Waals surface area contributed by atoms with Crippen molar-refractivity contribution in [1.82, 2.24) is 5.32 Å². The second-order valence-electron chi connectivity index (χ2n) is 5.72. The highest BCUT2D eigenvalue weighted by Gasteiger charge is 2.48. The minimum absolute atomic E-state index is 0.0140. The van der Waals surface area contributed by atoms with Crippen LogP contribution in [-0.2, 0) is 9.59 Å². The summed E-state index contributed by atoms with van der Waals surface area (Å²) in [7, 11) is 0. The van der Waals surface area contributed by atoms with E-state index in [0.29, 0.717) is 12.8 Å². The second kappa shape index (κ2) is 6.07. The Balaban J connectivity index is 1.96.